The van der Waals surface area contributed by atoms with Gasteiger partial charge in [-0.15, -0.1) is 0 Å². The molecule has 26 heavy (non-hydrogen) atoms. The Morgan fingerprint density at radius 1 is 0.885 bits per heavy atom. The maximum absolute atomic E-state index is 12.9. The molecule has 0 radical (unpaired) electrons. The van der Waals surface area contributed by atoms with Gasteiger partial charge in [0.2, 0.25) is 0 Å². The smallest absolute Gasteiger partial charge is 0.317 e. The molecule has 2 aliphatic heterocycles. The van der Waals surface area contributed by atoms with Crippen molar-refractivity contribution in [3.8, 4) is 0 Å². The number of urea groups is 1. The molecule has 0 aromatic carbocycles. The zero-order valence-electron chi connectivity index (χ0n) is 15.6. The molecule has 3 amide bonds. The topological polar surface area (TPSA) is 61.9 Å². The van der Waals surface area contributed by atoms with Crippen molar-refractivity contribution in [1.29, 1.82) is 0 Å². The average Bonchev–Trinajstić information content (AvgIpc) is 3.14. The molecule has 6 rings (SSSR count). The van der Waals surface area contributed by atoms with E-state index in [9.17, 15) is 9.59 Å². The monoisotopic (exact) mass is 361 g/mol. The molecule has 6 aliphatic rings. The van der Waals surface area contributed by atoms with Crippen LogP contribution >= 0.6 is 0 Å². The van der Waals surface area contributed by atoms with E-state index >= 15 is 0 Å². The molecular formula is C20H31N3O3. The third-order valence-corrected chi connectivity index (χ3v) is 7.49. The molecule has 2 saturated heterocycles. The minimum Gasteiger partial charge on any atom is -0.368 e. The molecule has 6 nitrogen and oxygen atoms in total. The highest BCUT2D eigenvalue weighted by molar-refractivity contribution is 5.82. The van der Waals surface area contributed by atoms with Gasteiger partial charge in [0, 0.05) is 38.3 Å². The van der Waals surface area contributed by atoms with Crippen molar-refractivity contribution in [2.24, 2.45) is 17.8 Å². The number of ether oxygens (including phenoxy) is 1. The fourth-order valence-corrected chi connectivity index (χ4v) is 6.68. The van der Waals surface area contributed by atoms with Crippen molar-refractivity contribution in [2.45, 2.75) is 63.0 Å². The van der Waals surface area contributed by atoms with Crippen molar-refractivity contribution < 1.29 is 14.3 Å². The van der Waals surface area contributed by atoms with E-state index in [1.807, 2.05) is 9.80 Å². The number of hydrogen-bond acceptors (Lipinski definition) is 3. The Hall–Kier alpha value is -1.30. The van der Waals surface area contributed by atoms with E-state index in [0.717, 1.165) is 30.6 Å². The predicted octanol–water partition coefficient (Wildman–Crippen LogP) is 1.99. The van der Waals surface area contributed by atoms with Crippen LogP contribution in [0.15, 0.2) is 0 Å². The first-order valence-electron chi connectivity index (χ1n) is 10.6. The number of nitrogens with one attached hydrogen (secondary N) is 1. The van der Waals surface area contributed by atoms with Crippen molar-refractivity contribution in [3.05, 3.63) is 0 Å². The van der Waals surface area contributed by atoms with Crippen molar-refractivity contribution in [2.75, 3.05) is 32.8 Å². The molecule has 4 saturated carbocycles. The Morgan fingerprint density at radius 3 is 2.00 bits per heavy atom. The van der Waals surface area contributed by atoms with Crippen LogP contribution in [0.2, 0.25) is 0 Å². The summed E-state index contributed by atoms with van der Waals surface area (Å²) in [4.78, 5) is 29.2. The SMILES string of the molecule is O=C(NC12CC3CC(CC(C3)C1)C2)N1CCN(C(=O)[C@@H]2CCCO2)CC1. The highest BCUT2D eigenvalue weighted by Crippen LogP contribution is 2.55. The van der Waals surface area contributed by atoms with Crippen LogP contribution in [0.5, 0.6) is 0 Å². The molecule has 0 aromatic rings. The molecule has 0 unspecified atom stereocenters. The standard InChI is InChI=1S/C20H31N3O3/c24-18(17-2-1-7-26-17)22-3-5-23(6-4-22)19(25)21-20-11-14-8-15(12-20)10-16(9-14)13-20/h14-17H,1-13H2,(H,21,25)/t14?,15?,16?,17-,20?/m0/s1. The van der Waals surface area contributed by atoms with E-state index in [2.05, 4.69) is 5.32 Å². The lowest BCUT2D eigenvalue weighted by Crippen LogP contribution is -2.63. The Kier molecular flexibility index (Phi) is 4.14. The molecule has 1 atom stereocenters. The van der Waals surface area contributed by atoms with E-state index in [1.165, 1.54) is 38.5 Å². The first-order chi connectivity index (χ1) is 12.6. The van der Waals surface area contributed by atoms with Gasteiger partial charge in [-0.05, 0) is 69.1 Å². The average molecular weight is 361 g/mol. The Labute approximate surface area is 155 Å². The summed E-state index contributed by atoms with van der Waals surface area (Å²) in [5.74, 6) is 2.62. The first kappa shape index (κ1) is 16.8. The van der Waals surface area contributed by atoms with E-state index in [0.29, 0.717) is 32.8 Å². The lowest BCUT2D eigenvalue weighted by Gasteiger charge is -2.57. The minimum atomic E-state index is -0.248. The zero-order valence-corrected chi connectivity index (χ0v) is 15.6. The van der Waals surface area contributed by atoms with Gasteiger partial charge < -0.3 is 19.9 Å². The molecule has 6 fully saturated rings. The summed E-state index contributed by atoms with van der Waals surface area (Å²) in [5, 5.41) is 3.45. The number of rotatable bonds is 2. The number of piperazine rings is 1. The van der Waals surface area contributed by atoms with Gasteiger partial charge in [0.05, 0.1) is 0 Å². The Bertz CT molecular complexity index is 544. The van der Waals surface area contributed by atoms with Crippen LogP contribution in [-0.2, 0) is 9.53 Å². The molecule has 2 heterocycles. The second-order valence-corrected chi connectivity index (χ2v) is 9.44. The van der Waals surface area contributed by atoms with Crippen molar-refractivity contribution in [1.82, 2.24) is 15.1 Å². The van der Waals surface area contributed by atoms with Crippen LogP contribution in [0.3, 0.4) is 0 Å². The first-order valence-corrected chi connectivity index (χ1v) is 10.6. The van der Waals surface area contributed by atoms with Gasteiger partial charge in [-0.1, -0.05) is 0 Å². The maximum atomic E-state index is 12.9. The third kappa shape index (κ3) is 3.00. The van der Waals surface area contributed by atoms with E-state index in [4.69, 9.17) is 4.74 Å². The second kappa shape index (κ2) is 6.39. The minimum absolute atomic E-state index is 0.0659. The summed E-state index contributed by atoms with van der Waals surface area (Å²) in [7, 11) is 0. The summed E-state index contributed by atoms with van der Waals surface area (Å²) < 4.78 is 5.52. The van der Waals surface area contributed by atoms with E-state index in [-0.39, 0.29) is 23.6 Å². The fourth-order valence-electron chi connectivity index (χ4n) is 6.68. The highest BCUT2D eigenvalue weighted by atomic mass is 16.5. The van der Waals surface area contributed by atoms with Crippen molar-refractivity contribution >= 4 is 11.9 Å². The van der Waals surface area contributed by atoms with Gasteiger partial charge in [0.1, 0.15) is 6.10 Å². The van der Waals surface area contributed by atoms with Gasteiger partial charge in [-0.2, -0.15) is 0 Å². The maximum Gasteiger partial charge on any atom is 0.317 e. The van der Waals surface area contributed by atoms with Gasteiger partial charge >= 0.3 is 6.03 Å². The molecule has 1 N–H and O–H groups in total. The summed E-state index contributed by atoms with van der Waals surface area (Å²) in [6.45, 7) is 3.23. The third-order valence-electron chi connectivity index (χ3n) is 7.49. The molecule has 0 aromatic heterocycles. The second-order valence-electron chi connectivity index (χ2n) is 9.44. The number of amides is 3. The molecule has 4 aliphatic carbocycles. The van der Waals surface area contributed by atoms with Crippen LogP contribution in [-0.4, -0.2) is 66.2 Å². The van der Waals surface area contributed by atoms with Gasteiger partial charge in [-0.25, -0.2) is 4.79 Å². The summed E-state index contributed by atoms with van der Waals surface area (Å²) in [6.07, 6.45) is 9.28. The molecule has 4 bridgehead atoms. The van der Waals surface area contributed by atoms with Gasteiger partial charge in [-0.3, -0.25) is 4.79 Å². The summed E-state index contributed by atoms with van der Waals surface area (Å²) in [5.41, 5.74) is 0.0659. The molecule has 6 heteroatoms. The molecule has 0 spiro atoms. The Balaban J connectivity index is 1.16. The molecular weight excluding hydrogens is 330 g/mol. The fraction of sp³-hybridized carbons (Fsp3) is 0.900. The number of nitrogens with zero attached hydrogens (tertiary/aromatic N) is 2. The van der Waals surface area contributed by atoms with Gasteiger partial charge in [0.15, 0.2) is 0 Å². The number of carbonyl (C=O) groups excluding carboxylic acids is 2. The van der Waals surface area contributed by atoms with E-state index in [1.54, 1.807) is 0 Å². The van der Waals surface area contributed by atoms with Crippen molar-refractivity contribution in [3.63, 3.8) is 0 Å². The lowest BCUT2D eigenvalue weighted by molar-refractivity contribution is -0.142. The number of carbonyl (C=O) groups is 2. The lowest BCUT2D eigenvalue weighted by atomic mass is 9.53. The van der Waals surface area contributed by atoms with Crippen LogP contribution < -0.4 is 5.32 Å². The van der Waals surface area contributed by atoms with Crippen LogP contribution in [0.4, 0.5) is 4.79 Å². The van der Waals surface area contributed by atoms with E-state index < -0.39 is 0 Å². The normalized spacial score (nSPS) is 41.5. The largest absolute Gasteiger partial charge is 0.368 e. The quantitative estimate of drug-likeness (QED) is 0.818. The van der Waals surface area contributed by atoms with Crippen LogP contribution in [0.25, 0.3) is 0 Å². The zero-order chi connectivity index (χ0) is 17.7. The van der Waals surface area contributed by atoms with Gasteiger partial charge in [0.25, 0.3) is 5.91 Å². The van der Waals surface area contributed by atoms with Crippen LogP contribution in [0.1, 0.15) is 51.4 Å². The predicted molar refractivity (Wildman–Crippen MR) is 96.6 cm³/mol. The summed E-state index contributed by atoms with van der Waals surface area (Å²) in [6, 6.07) is 0.0937. The summed E-state index contributed by atoms with van der Waals surface area (Å²) >= 11 is 0. The number of hydrogen-bond donors (Lipinski definition) is 1. The highest BCUT2D eigenvalue weighted by Gasteiger charge is 2.52. The van der Waals surface area contributed by atoms with Crippen LogP contribution in [0, 0.1) is 17.8 Å². The Morgan fingerprint density at radius 2 is 1.46 bits per heavy atom. The molecule has 144 valence electrons.